The van der Waals surface area contributed by atoms with Crippen molar-refractivity contribution in [3.63, 3.8) is 0 Å². The zero-order valence-electron chi connectivity index (χ0n) is 12.0. The molecule has 106 valence electrons. The highest BCUT2D eigenvalue weighted by Gasteiger charge is 2.44. The molecule has 1 aliphatic carbocycles. The summed E-state index contributed by atoms with van der Waals surface area (Å²) in [5.74, 6) is 0.531. The van der Waals surface area contributed by atoms with Crippen LogP contribution in [0.3, 0.4) is 0 Å². The molecule has 1 N–H and O–H groups in total. The molecule has 1 heterocycles. The van der Waals surface area contributed by atoms with Crippen molar-refractivity contribution in [3.8, 4) is 0 Å². The lowest BCUT2D eigenvalue weighted by Crippen LogP contribution is -2.49. The number of thiazole rings is 1. The fraction of sp³-hybridized carbons (Fsp3) is 0.471. The summed E-state index contributed by atoms with van der Waals surface area (Å²) in [5, 5.41) is 7.16. The molecule has 2 aromatic rings. The Morgan fingerprint density at radius 3 is 2.85 bits per heavy atom. The van der Waals surface area contributed by atoms with Crippen LogP contribution < -0.4 is 5.32 Å². The SMILES string of the molecule is CCNC1(c2nccs2)CCCCC1c1ccccc1. The molecule has 1 aliphatic rings. The van der Waals surface area contributed by atoms with Crippen molar-refractivity contribution in [1.29, 1.82) is 0 Å². The molecule has 1 aromatic heterocycles. The van der Waals surface area contributed by atoms with E-state index in [1.807, 2.05) is 6.20 Å². The van der Waals surface area contributed by atoms with E-state index >= 15 is 0 Å². The number of benzene rings is 1. The molecular formula is C17H22N2S. The number of rotatable bonds is 4. The molecule has 0 amide bonds. The van der Waals surface area contributed by atoms with Gasteiger partial charge in [0.05, 0.1) is 5.54 Å². The lowest BCUT2D eigenvalue weighted by atomic mass is 9.69. The summed E-state index contributed by atoms with van der Waals surface area (Å²) in [7, 11) is 0. The van der Waals surface area contributed by atoms with Gasteiger partial charge in [-0.05, 0) is 24.9 Å². The van der Waals surface area contributed by atoms with Crippen LogP contribution in [0.1, 0.15) is 49.1 Å². The Labute approximate surface area is 125 Å². The highest BCUT2D eigenvalue weighted by Crippen LogP contribution is 2.47. The predicted octanol–water partition coefficient (Wildman–Crippen LogP) is 4.31. The molecule has 1 aromatic carbocycles. The van der Waals surface area contributed by atoms with Crippen molar-refractivity contribution >= 4 is 11.3 Å². The van der Waals surface area contributed by atoms with Crippen LogP contribution in [0.4, 0.5) is 0 Å². The van der Waals surface area contributed by atoms with Gasteiger partial charge in [0.15, 0.2) is 0 Å². The molecule has 3 heteroatoms. The van der Waals surface area contributed by atoms with E-state index in [9.17, 15) is 0 Å². The molecule has 0 radical (unpaired) electrons. The van der Waals surface area contributed by atoms with Crippen molar-refractivity contribution in [2.75, 3.05) is 6.54 Å². The molecule has 3 rings (SSSR count). The van der Waals surface area contributed by atoms with E-state index < -0.39 is 0 Å². The van der Waals surface area contributed by atoms with Crippen LogP contribution in [0, 0.1) is 0 Å². The highest BCUT2D eigenvalue weighted by molar-refractivity contribution is 7.09. The zero-order valence-corrected chi connectivity index (χ0v) is 12.8. The van der Waals surface area contributed by atoms with Gasteiger partial charge in [-0.1, -0.05) is 50.1 Å². The van der Waals surface area contributed by atoms with Gasteiger partial charge in [0, 0.05) is 17.5 Å². The molecule has 1 saturated carbocycles. The number of nitrogens with one attached hydrogen (secondary N) is 1. The minimum Gasteiger partial charge on any atom is -0.305 e. The van der Waals surface area contributed by atoms with E-state index in [2.05, 4.69) is 52.9 Å². The van der Waals surface area contributed by atoms with E-state index in [0.717, 1.165) is 6.54 Å². The zero-order chi connectivity index (χ0) is 13.8. The second-order valence-corrected chi connectivity index (χ2v) is 6.44. The number of nitrogens with zero attached hydrogens (tertiary/aromatic N) is 1. The van der Waals surface area contributed by atoms with Gasteiger partial charge in [0.25, 0.3) is 0 Å². The maximum atomic E-state index is 4.66. The van der Waals surface area contributed by atoms with Crippen LogP contribution >= 0.6 is 11.3 Å². The molecule has 0 spiro atoms. The van der Waals surface area contributed by atoms with Crippen LogP contribution in [0.5, 0.6) is 0 Å². The Kier molecular flexibility index (Phi) is 4.18. The summed E-state index contributed by atoms with van der Waals surface area (Å²) in [6.07, 6.45) is 6.98. The highest BCUT2D eigenvalue weighted by atomic mass is 32.1. The third kappa shape index (κ3) is 2.40. The van der Waals surface area contributed by atoms with Gasteiger partial charge in [-0.25, -0.2) is 4.98 Å². The third-order valence-electron chi connectivity index (χ3n) is 4.42. The average Bonchev–Trinajstić information content (AvgIpc) is 3.04. The van der Waals surface area contributed by atoms with E-state index in [-0.39, 0.29) is 5.54 Å². The largest absolute Gasteiger partial charge is 0.305 e. The Balaban J connectivity index is 2.04. The molecule has 0 aliphatic heterocycles. The molecule has 0 bridgehead atoms. The van der Waals surface area contributed by atoms with Crippen molar-refractivity contribution < 1.29 is 0 Å². The van der Waals surface area contributed by atoms with Crippen molar-refractivity contribution in [2.45, 2.75) is 44.1 Å². The van der Waals surface area contributed by atoms with Crippen LogP contribution in [-0.4, -0.2) is 11.5 Å². The summed E-state index contributed by atoms with van der Waals surface area (Å²) in [4.78, 5) is 4.66. The first-order chi connectivity index (χ1) is 9.87. The van der Waals surface area contributed by atoms with E-state index in [1.54, 1.807) is 11.3 Å². The first-order valence-corrected chi connectivity index (χ1v) is 8.45. The second-order valence-electron chi connectivity index (χ2n) is 5.55. The second kappa shape index (κ2) is 6.06. The standard InChI is InChI=1S/C17H22N2S/c1-2-19-17(16-18-12-13-20-16)11-7-6-10-15(17)14-8-4-3-5-9-14/h3-5,8-9,12-13,15,19H,2,6-7,10-11H2,1H3. The number of hydrogen-bond donors (Lipinski definition) is 1. The maximum Gasteiger partial charge on any atom is 0.113 e. The smallest absolute Gasteiger partial charge is 0.113 e. The molecular weight excluding hydrogens is 264 g/mol. The van der Waals surface area contributed by atoms with Gasteiger partial charge in [-0.3, -0.25) is 0 Å². The fourth-order valence-electron chi connectivity index (χ4n) is 3.61. The van der Waals surface area contributed by atoms with Crippen LogP contribution in [0.2, 0.25) is 0 Å². The topological polar surface area (TPSA) is 24.9 Å². The lowest BCUT2D eigenvalue weighted by molar-refractivity contribution is 0.197. The molecule has 2 unspecified atom stereocenters. The number of hydrogen-bond acceptors (Lipinski definition) is 3. The predicted molar refractivity (Wildman–Crippen MR) is 85.1 cm³/mol. The summed E-state index contributed by atoms with van der Waals surface area (Å²) in [6.45, 7) is 3.19. The van der Waals surface area contributed by atoms with Gasteiger partial charge >= 0.3 is 0 Å². The van der Waals surface area contributed by atoms with E-state index in [0.29, 0.717) is 5.92 Å². The van der Waals surface area contributed by atoms with Crippen LogP contribution in [-0.2, 0) is 5.54 Å². The van der Waals surface area contributed by atoms with Gasteiger partial charge < -0.3 is 5.32 Å². The average molecular weight is 286 g/mol. The summed E-state index contributed by atoms with van der Waals surface area (Å²) >= 11 is 1.79. The van der Waals surface area contributed by atoms with Gasteiger partial charge in [-0.2, -0.15) is 0 Å². The van der Waals surface area contributed by atoms with Gasteiger partial charge in [0.1, 0.15) is 5.01 Å². The van der Waals surface area contributed by atoms with Crippen LogP contribution in [0.25, 0.3) is 0 Å². The maximum absolute atomic E-state index is 4.66. The minimum absolute atomic E-state index is 0.0303. The Morgan fingerprint density at radius 2 is 2.15 bits per heavy atom. The summed E-state index contributed by atoms with van der Waals surface area (Å²) < 4.78 is 0. The molecule has 20 heavy (non-hydrogen) atoms. The molecule has 2 atom stereocenters. The Bertz CT molecular complexity index is 519. The third-order valence-corrected chi connectivity index (χ3v) is 5.37. The van der Waals surface area contributed by atoms with Crippen LogP contribution in [0.15, 0.2) is 41.9 Å². The first kappa shape index (κ1) is 13.8. The Hall–Kier alpha value is -1.19. The normalized spacial score (nSPS) is 26.6. The van der Waals surface area contributed by atoms with Crippen molar-refractivity contribution in [1.82, 2.24) is 10.3 Å². The molecule has 1 fully saturated rings. The lowest BCUT2D eigenvalue weighted by Gasteiger charge is -2.44. The van der Waals surface area contributed by atoms with Crippen molar-refractivity contribution in [3.05, 3.63) is 52.5 Å². The summed E-state index contributed by atoms with van der Waals surface area (Å²) in [6, 6.07) is 11.0. The molecule has 0 saturated heterocycles. The van der Waals surface area contributed by atoms with E-state index in [4.69, 9.17) is 0 Å². The first-order valence-electron chi connectivity index (χ1n) is 7.57. The molecule has 2 nitrogen and oxygen atoms in total. The fourth-order valence-corrected chi connectivity index (χ4v) is 4.51. The van der Waals surface area contributed by atoms with Gasteiger partial charge in [0.2, 0.25) is 0 Å². The monoisotopic (exact) mass is 286 g/mol. The quantitative estimate of drug-likeness (QED) is 0.906. The minimum atomic E-state index is 0.0303. The van der Waals surface area contributed by atoms with Gasteiger partial charge in [-0.15, -0.1) is 11.3 Å². The summed E-state index contributed by atoms with van der Waals surface area (Å²) in [5.41, 5.74) is 1.48. The number of likely N-dealkylation sites (N-methyl/N-ethyl adjacent to an activating group) is 1. The number of aromatic nitrogens is 1. The Morgan fingerprint density at radius 1 is 1.30 bits per heavy atom. The van der Waals surface area contributed by atoms with Crippen molar-refractivity contribution in [2.24, 2.45) is 0 Å². The van der Waals surface area contributed by atoms with E-state index in [1.165, 1.54) is 36.3 Å².